The van der Waals surface area contributed by atoms with Gasteiger partial charge in [-0.2, -0.15) is 4.98 Å². The average Bonchev–Trinajstić information content (AvgIpc) is 3.84. The first-order valence-electron chi connectivity index (χ1n) is 20.9. The molecule has 0 bridgehead atoms. The Balaban J connectivity index is 1.04. The van der Waals surface area contributed by atoms with E-state index in [-0.39, 0.29) is 54.4 Å². The van der Waals surface area contributed by atoms with Crippen molar-refractivity contribution in [3.8, 4) is 17.3 Å². The maximum atomic E-state index is 12.5. The molecule has 3 aromatic rings. The van der Waals surface area contributed by atoms with Gasteiger partial charge in [-0.3, -0.25) is 4.57 Å². The summed E-state index contributed by atoms with van der Waals surface area (Å²) in [6.07, 6.45) is 4.03. The highest BCUT2D eigenvalue weighted by Gasteiger charge is 2.52. The van der Waals surface area contributed by atoms with Gasteiger partial charge in [0.1, 0.15) is 30.6 Å². The van der Waals surface area contributed by atoms with Crippen LogP contribution >= 0.6 is 11.6 Å². The van der Waals surface area contributed by atoms with Gasteiger partial charge in [0, 0.05) is 39.1 Å². The number of imidazole rings is 1. The van der Waals surface area contributed by atoms with E-state index in [2.05, 4.69) is 83.1 Å². The van der Waals surface area contributed by atoms with Crippen molar-refractivity contribution in [1.82, 2.24) is 19.9 Å². The molecule has 7 rings (SSSR count). The molecule has 4 fully saturated rings. The van der Waals surface area contributed by atoms with Crippen LogP contribution in [0.3, 0.4) is 0 Å². The van der Waals surface area contributed by atoms with Crippen LogP contribution in [0, 0.1) is 0 Å². The zero-order chi connectivity index (χ0) is 40.5. The fourth-order valence-electron chi connectivity index (χ4n) is 7.90. The lowest BCUT2D eigenvalue weighted by Crippen LogP contribution is -2.47. The Labute approximate surface area is 345 Å². The highest BCUT2D eigenvalue weighted by atomic mass is 35.5. The number of rotatable bonds is 13. The van der Waals surface area contributed by atoms with Crippen molar-refractivity contribution in [3.05, 3.63) is 40.9 Å². The van der Waals surface area contributed by atoms with Gasteiger partial charge in [0.25, 0.3) is 0 Å². The summed E-state index contributed by atoms with van der Waals surface area (Å²) >= 11 is 6.95. The van der Waals surface area contributed by atoms with Crippen molar-refractivity contribution in [1.29, 1.82) is 0 Å². The van der Waals surface area contributed by atoms with Gasteiger partial charge < -0.3 is 38.2 Å². The Morgan fingerprint density at radius 2 is 1.60 bits per heavy atom. The number of carbonyl (C=O) groups excluding carboxylic acids is 1. The summed E-state index contributed by atoms with van der Waals surface area (Å²) in [7, 11) is -3.33. The minimum atomic E-state index is -2.03. The molecule has 1 N–H and O–H groups in total. The van der Waals surface area contributed by atoms with E-state index in [1.165, 1.54) is 5.56 Å². The number of hydrogen-bond donors (Lipinski definition) is 1. The smallest absolute Gasteiger partial charge is 0.407 e. The maximum absolute atomic E-state index is 12.5. The van der Waals surface area contributed by atoms with Gasteiger partial charge in [-0.05, 0) is 67.4 Å². The van der Waals surface area contributed by atoms with Gasteiger partial charge in [0.15, 0.2) is 20.1 Å². The predicted molar refractivity (Wildman–Crippen MR) is 226 cm³/mol. The fraction of sp³-hybridized carbons (Fsp3) is 0.690. The normalized spacial score (nSPS) is 26.1. The molecule has 57 heavy (non-hydrogen) atoms. The molecule has 3 saturated heterocycles. The summed E-state index contributed by atoms with van der Waals surface area (Å²) in [4.78, 5) is 22.5. The van der Waals surface area contributed by atoms with Crippen LogP contribution in [0.5, 0.6) is 6.01 Å². The Hall–Kier alpha value is -2.57. The molecule has 2 aromatic heterocycles. The number of nitrogens with zero attached hydrogens (tertiary/aromatic N) is 3. The quantitative estimate of drug-likeness (QED) is 0.132. The number of alkyl carbamates (subject to hydrolysis) is 1. The second-order valence-corrected chi connectivity index (χ2v) is 29.8. The zero-order valence-electron chi connectivity index (χ0n) is 35.1. The first-order chi connectivity index (χ1) is 27.0. The van der Waals surface area contributed by atoms with E-state index in [1.54, 1.807) is 0 Å². The third kappa shape index (κ3) is 10.3. The Morgan fingerprint density at radius 3 is 2.26 bits per heavy atom. The number of hydrogen-bond acceptors (Lipinski definition) is 10. The summed E-state index contributed by atoms with van der Waals surface area (Å²) in [5, 5.41) is 3.69. The molecule has 1 aliphatic carbocycles. The molecule has 1 amide bonds. The summed E-state index contributed by atoms with van der Waals surface area (Å²) in [5.74, 6) is 0.417. The number of amides is 1. The molecule has 12 nitrogen and oxygen atoms in total. The molecule has 5 heterocycles. The molecular formula is C42H63ClN4O8Si2. The maximum Gasteiger partial charge on any atom is 0.407 e. The molecule has 314 valence electrons. The van der Waals surface area contributed by atoms with Gasteiger partial charge in [0.05, 0.1) is 43.2 Å². The monoisotopic (exact) mass is 842 g/mol. The number of pyridine rings is 1. The highest BCUT2D eigenvalue weighted by molar-refractivity contribution is 6.76. The first kappa shape index (κ1) is 42.6. The lowest BCUT2D eigenvalue weighted by Gasteiger charge is -2.39. The molecule has 1 saturated carbocycles. The highest BCUT2D eigenvalue weighted by Crippen LogP contribution is 2.41. The van der Waals surface area contributed by atoms with E-state index >= 15 is 0 Å². The van der Waals surface area contributed by atoms with E-state index in [0.717, 1.165) is 50.1 Å². The van der Waals surface area contributed by atoms with Crippen LogP contribution in [-0.4, -0.2) is 107 Å². The van der Waals surface area contributed by atoms with Crippen LogP contribution in [0.25, 0.3) is 22.4 Å². The number of fused-ring (bicyclic) bond motifs is 2. The summed E-state index contributed by atoms with van der Waals surface area (Å²) in [6.45, 7) is 21.3. The third-order valence-electron chi connectivity index (χ3n) is 12.5. The third-order valence-corrected chi connectivity index (χ3v) is 19.0. The van der Waals surface area contributed by atoms with Crippen molar-refractivity contribution in [2.75, 3.05) is 33.0 Å². The number of nitrogens with one attached hydrogen (secondary N) is 1. The van der Waals surface area contributed by atoms with Crippen molar-refractivity contribution in [2.24, 2.45) is 0 Å². The Morgan fingerprint density at radius 1 is 0.930 bits per heavy atom. The number of ether oxygens (including phenoxy) is 6. The van der Waals surface area contributed by atoms with Gasteiger partial charge >= 0.3 is 12.1 Å². The molecule has 15 heteroatoms. The number of aromatic nitrogens is 3. The molecule has 4 aliphatic rings. The molecule has 1 aromatic carbocycles. The number of carbonyl (C=O) groups is 1. The lowest BCUT2D eigenvalue weighted by atomic mass is 9.81. The molecule has 0 radical (unpaired) electrons. The zero-order valence-corrected chi connectivity index (χ0v) is 37.9. The van der Waals surface area contributed by atoms with Crippen LogP contribution in [0.15, 0.2) is 30.3 Å². The molecule has 0 spiro atoms. The minimum absolute atomic E-state index is 0.0509. The summed E-state index contributed by atoms with van der Waals surface area (Å²) in [6, 6.07) is 12.0. The standard InChI is InChI=1S/C42H63ClN4O8Si2/c1-42(2,3)57(7,8)55-35-25-52-37-34(24-51-38(35)37)54-40-45-33-23-32(43)36(46-39(33)47(40)26-50-21-22-56(4,5)6)29-11-9-27(10-12-29)28-13-15-30(16-14-28)44-41(48)53-31-17-19-49-20-18-31/h9-12,23,28,30-31,34-35,37-38H,13-22,24-26H2,1-8H3,(H,44,48)/t28?,30?,34-,35-,37-,38-/m1/s1. The average molecular weight is 844 g/mol. The van der Waals surface area contributed by atoms with Gasteiger partial charge in [-0.15, -0.1) is 0 Å². The van der Waals surface area contributed by atoms with E-state index < -0.39 is 16.4 Å². The van der Waals surface area contributed by atoms with Crippen molar-refractivity contribution >= 4 is 45.2 Å². The van der Waals surface area contributed by atoms with Crippen molar-refractivity contribution < 1.29 is 37.6 Å². The largest absolute Gasteiger partial charge is 0.456 e. The second-order valence-electron chi connectivity index (χ2n) is 19.0. The van der Waals surface area contributed by atoms with Crippen LogP contribution < -0.4 is 10.1 Å². The van der Waals surface area contributed by atoms with Crippen LogP contribution in [0.1, 0.15) is 70.8 Å². The minimum Gasteiger partial charge on any atom is -0.456 e. The van der Waals surface area contributed by atoms with Crippen LogP contribution in [0.4, 0.5) is 4.79 Å². The summed E-state index contributed by atoms with van der Waals surface area (Å²) < 4.78 is 45.2. The molecule has 4 atom stereocenters. The first-order valence-corrected chi connectivity index (χ1v) is 27.9. The van der Waals surface area contributed by atoms with Gasteiger partial charge in [-0.1, -0.05) is 76.3 Å². The van der Waals surface area contributed by atoms with Gasteiger partial charge in [-0.25, -0.2) is 9.78 Å². The SMILES string of the molecule is CC(C)(C)[Si](C)(C)O[C@@H]1CO[C@H]2[C@@H]1OC[C@H]2Oc1nc2cc(Cl)c(-c3ccc(C4CCC(NC(=O)OC5CCOCC5)CC4)cc3)nc2n1COCC[Si](C)(C)C. The Bertz CT molecular complexity index is 1830. The van der Waals surface area contributed by atoms with E-state index in [9.17, 15) is 4.79 Å². The van der Waals surface area contributed by atoms with E-state index in [1.807, 2.05) is 10.6 Å². The second kappa shape index (κ2) is 17.6. The van der Waals surface area contributed by atoms with Crippen LogP contribution in [-0.2, 0) is 34.8 Å². The molecule has 0 unspecified atom stereocenters. The number of halogens is 1. The topological polar surface area (TPSA) is 124 Å². The van der Waals surface area contributed by atoms with Crippen LogP contribution in [0.2, 0.25) is 48.8 Å². The van der Waals surface area contributed by atoms with E-state index in [4.69, 9.17) is 54.4 Å². The van der Waals surface area contributed by atoms with E-state index in [0.29, 0.717) is 66.8 Å². The van der Waals surface area contributed by atoms with Crippen molar-refractivity contribution in [2.45, 2.75) is 152 Å². The van der Waals surface area contributed by atoms with Gasteiger partial charge in [0.2, 0.25) is 0 Å². The molecular weight excluding hydrogens is 780 g/mol. The molecule has 3 aliphatic heterocycles. The fourth-order valence-corrected chi connectivity index (χ4v) is 10.2. The number of benzene rings is 1. The lowest BCUT2D eigenvalue weighted by molar-refractivity contribution is 0.000403. The summed E-state index contributed by atoms with van der Waals surface area (Å²) in [5.41, 5.74) is 4.15. The predicted octanol–water partition coefficient (Wildman–Crippen LogP) is 8.93. The Kier molecular flexibility index (Phi) is 13.1. The van der Waals surface area contributed by atoms with Crippen molar-refractivity contribution in [3.63, 3.8) is 0 Å².